The number of carbonyl (C=O) groups excluding carboxylic acids is 1. The van der Waals surface area contributed by atoms with Gasteiger partial charge >= 0.3 is 0 Å². The number of amides is 1. The minimum atomic E-state index is -0.489. The second-order valence-corrected chi connectivity index (χ2v) is 5.97. The Morgan fingerprint density at radius 3 is 3.08 bits per heavy atom. The van der Waals surface area contributed by atoms with Gasteiger partial charge in [-0.15, -0.1) is 6.58 Å². The number of allylic oxidation sites excluding steroid dienone is 1. The van der Waals surface area contributed by atoms with Gasteiger partial charge in [0.25, 0.3) is 0 Å². The number of benzene rings is 1. The molecule has 1 aromatic carbocycles. The molecule has 1 aliphatic heterocycles. The van der Waals surface area contributed by atoms with Crippen LogP contribution in [0.3, 0.4) is 0 Å². The monoisotopic (exact) mass is 328 g/mol. The first-order valence-corrected chi connectivity index (χ1v) is 7.99. The summed E-state index contributed by atoms with van der Waals surface area (Å²) in [6, 6.07) is 5.75. The minimum absolute atomic E-state index is 0.0945. The van der Waals surface area contributed by atoms with Crippen molar-refractivity contribution < 1.29 is 9.18 Å². The Bertz CT molecular complexity index is 755. The summed E-state index contributed by atoms with van der Waals surface area (Å²) in [4.78, 5) is 14.5. The van der Waals surface area contributed by atoms with Gasteiger partial charge in [-0.25, -0.2) is 4.39 Å². The molecule has 1 unspecified atom stereocenters. The maximum Gasteiger partial charge on any atom is 0.242 e. The van der Waals surface area contributed by atoms with Crippen molar-refractivity contribution in [1.82, 2.24) is 20.0 Å². The minimum Gasteiger partial charge on any atom is -0.353 e. The molecule has 2 aromatic rings. The Kier molecular flexibility index (Phi) is 4.76. The first-order valence-electron chi connectivity index (χ1n) is 7.99. The van der Waals surface area contributed by atoms with Gasteiger partial charge in [-0.05, 0) is 24.6 Å². The molecule has 1 fully saturated rings. The van der Waals surface area contributed by atoms with Crippen molar-refractivity contribution in [3.8, 4) is 0 Å². The quantitative estimate of drug-likeness (QED) is 0.856. The predicted octanol–water partition coefficient (Wildman–Crippen LogP) is 2.19. The van der Waals surface area contributed by atoms with Crippen LogP contribution in [0, 0.1) is 12.7 Å². The fourth-order valence-electron chi connectivity index (χ4n) is 3.08. The molecule has 1 saturated heterocycles. The predicted molar refractivity (Wildman–Crippen MR) is 89.7 cm³/mol. The van der Waals surface area contributed by atoms with Gasteiger partial charge in [0.05, 0.1) is 12.2 Å². The second-order valence-electron chi connectivity index (χ2n) is 5.97. The van der Waals surface area contributed by atoms with Gasteiger partial charge in [0, 0.05) is 31.4 Å². The van der Waals surface area contributed by atoms with E-state index in [1.165, 1.54) is 12.1 Å². The Morgan fingerprint density at radius 2 is 2.33 bits per heavy atom. The first-order chi connectivity index (χ1) is 11.6. The van der Waals surface area contributed by atoms with Crippen LogP contribution >= 0.6 is 0 Å². The molecule has 3 rings (SSSR count). The van der Waals surface area contributed by atoms with E-state index in [0.29, 0.717) is 31.7 Å². The number of piperazine rings is 1. The number of rotatable bonds is 5. The van der Waals surface area contributed by atoms with E-state index in [0.717, 1.165) is 11.3 Å². The van der Waals surface area contributed by atoms with E-state index in [1.807, 2.05) is 17.8 Å². The number of carbonyl (C=O) groups is 1. The van der Waals surface area contributed by atoms with Crippen LogP contribution in [0.4, 0.5) is 4.39 Å². The maximum absolute atomic E-state index is 13.6. The topological polar surface area (TPSA) is 50.2 Å². The third kappa shape index (κ3) is 3.38. The molecule has 5 nitrogen and oxygen atoms in total. The fraction of sp³-hybridized carbons (Fsp3) is 0.333. The lowest BCUT2D eigenvalue weighted by Gasteiger charge is -2.35. The number of nitrogens with zero attached hydrogens (tertiary/aromatic N) is 3. The van der Waals surface area contributed by atoms with Crippen LogP contribution in [0.1, 0.15) is 22.9 Å². The van der Waals surface area contributed by atoms with Crippen molar-refractivity contribution >= 4 is 5.91 Å². The summed E-state index contributed by atoms with van der Waals surface area (Å²) in [5.74, 6) is -0.427. The van der Waals surface area contributed by atoms with E-state index < -0.39 is 6.04 Å². The van der Waals surface area contributed by atoms with Crippen molar-refractivity contribution in [2.24, 2.45) is 0 Å². The lowest BCUT2D eigenvalue weighted by molar-refractivity contribution is -0.129. The molecule has 2 heterocycles. The van der Waals surface area contributed by atoms with Gasteiger partial charge in [0.15, 0.2) is 0 Å². The van der Waals surface area contributed by atoms with Gasteiger partial charge in [0.1, 0.15) is 11.9 Å². The van der Waals surface area contributed by atoms with Crippen LogP contribution in [-0.4, -0.2) is 33.7 Å². The number of aryl methyl sites for hydroxylation is 1. The standard InChI is InChI=1S/C18H21FN4O/c1-3-8-23-12-15(13(2)21-23)11-22-9-7-20-18(24)17(22)14-5-4-6-16(19)10-14/h3-6,10,12,17H,1,7-9,11H2,2H3,(H,20,24). The summed E-state index contributed by atoms with van der Waals surface area (Å²) < 4.78 is 15.4. The van der Waals surface area contributed by atoms with Gasteiger partial charge in [-0.1, -0.05) is 18.2 Å². The molecule has 24 heavy (non-hydrogen) atoms. The van der Waals surface area contributed by atoms with E-state index in [9.17, 15) is 9.18 Å². The van der Waals surface area contributed by atoms with Gasteiger partial charge in [-0.3, -0.25) is 14.4 Å². The van der Waals surface area contributed by atoms with Crippen molar-refractivity contribution in [2.45, 2.75) is 26.1 Å². The largest absolute Gasteiger partial charge is 0.353 e. The summed E-state index contributed by atoms with van der Waals surface area (Å²) >= 11 is 0. The number of halogens is 1. The summed E-state index contributed by atoms with van der Waals surface area (Å²) in [5.41, 5.74) is 2.66. The van der Waals surface area contributed by atoms with Gasteiger partial charge < -0.3 is 5.32 Å². The van der Waals surface area contributed by atoms with Crippen molar-refractivity contribution in [3.63, 3.8) is 0 Å². The van der Waals surface area contributed by atoms with Crippen molar-refractivity contribution in [3.05, 3.63) is 65.8 Å². The molecule has 0 saturated carbocycles. The summed E-state index contributed by atoms with van der Waals surface area (Å²) in [7, 11) is 0. The third-order valence-corrected chi connectivity index (χ3v) is 4.21. The molecule has 0 spiro atoms. The Hall–Kier alpha value is -2.47. The molecule has 0 aliphatic carbocycles. The smallest absolute Gasteiger partial charge is 0.242 e. The molecule has 1 N–H and O–H groups in total. The number of nitrogens with one attached hydrogen (secondary N) is 1. The zero-order valence-corrected chi connectivity index (χ0v) is 13.7. The molecule has 6 heteroatoms. The van der Waals surface area contributed by atoms with E-state index in [1.54, 1.807) is 18.2 Å². The molecule has 0 radical (unpaired) electrons. The SMILES string of the molecule is C=CCn1cc(CN2CCNC(=O)C2c2cccc(F)c2)c(C)n1. The number of aromatic nitrogens is 2. The highest BCUT2D eigenvalue weighted by atomic mass is 19.1. The Labute approximate surface area is 140 Å². The van der Waals surface area contributed by atoms with Crippen LogP contribution in [0.5, 0.6) is 0 Å². The molecule has 0 bridgehead atoms. The summed E-state index contributed by atoms with van der Waals surface area (Å²) in [5, 5.41) is 7.32. The van der Waals surface area contributed by atoms with Crippen LogP contribution < -0.4 is 5.32 Å². The Morgan fingerprint density at radius 1 is 1.50 bits per heavy atom. The zero-order valence-electron chi connectivity index (χ0n) is 13.7. The van der Waals surface area contributed by atoms with Crippen molar-refractivity contribution in [1.29, 1.82) is 0 Å². The number of hydrogen-bond acceptors (Lipinski definition) is 3. The molecule has 1 atom stereocenters. The maximum atomic E-state index is 13.6. The molecule has 1 amide bonds. The van der Waals surface area contributed by atoms with Crippen LogP contribution in [0.15, 0.2) is 43.1 Å². The highest BCUT2D eigenvalue weighted by Gasteiger charge is 2.31. The van der Waals surface area contributed by atoms with E-state index in [2.05, 4.69) is 21.9 Å². The van der Waals surface area contributed by atoms with Crippen LogP contribution in [0.2, 0.25) is 0 Å². The fourth-order valence-corrected chi connectivity index (χ4v) is 3.08. The molecule has 1 aromatic heterocycles. The number of hydrogen-bond donors (Lipinski definition) is 1. The first kappa shape index (κ1) is 16.4. The third-order valence-electron chi connectivity index (χ3n) is 4.21. The second kappa shape index (κ2) is 6.97. The van der Waals surface area contributed by atoms with Gasteiger partial charge in [-0.2, -0.15) is 5.10 Å². The highest BCUT2D eigenvalue weighted by Crippen LogP contribution is 2.26. The molecule has 126 valence electrons. The van der Waals surface area contributed by atoms with E-state index in [4.69, 9.17) is 0 Å². The van der Waals surface area contributed by atoms with E-state index in [-0.39, 0.29) is 11.7 Å². The van der Waals surface area contributed by atoms with E-state index >= 15 is 0 Å². The molecule has 1 aliphatic rings. The van der Waals surface area contributed by atoms with Crippen LogP contribution in [0.25, 0.3) is 0 Å². The van der Waals surface area contributed by atoms with Crippen molar-refractivity contribution in [2.75, 3.05) is 13.1 Å². The molecular formula is C18H21FN4O. The normalized spacial score (nSPS) is 18.4. The summed E-state index contributed by atoms with van der Waals surface area (Å²) in [6.07, 6.45) is 3.77. The zero-order chi connectivity index (χ0) is 17.1. The van der Waals surface area contributed by atoms with Crippen LogP contribution in [-0.2, 0) is 17.9 Å². The average molecular weight is 328 g/mol. The Balaban J connectivity index is 1.87. The summed E-state index contributed by atoms with van der Waals surface area (Å²) in [6.45, 7) is 8.21. The van der Waals surface area contributed by atoms with Gasteiger partial charge in [0.2, 0.25) is 5.91 Å². The molecular weight excluding hydrogens is 307 g/mol. The highest BCUT2D eigenvalue weighted by molar-refractivity contribution is 5.83. The average Bonchev–Trinajstić information content (AvgIpc) is 2.87. The lowest BCUT2D eigenvalue weighted by atomic mass is 10.0. The lowest BCUT2D eigenvalue weighted by Crippen LogP contribution is -2.49.